The number of carbonyl (C=O) groups excluding carboxylic acids is 1. The first-order chi connectivity index (χ1) is 13.4. The quantitative estimate of drug-likeness (QED) is 0.483. The van der Waals surface area contributed by atoms with Gasteiger partial charge >= 0.3 is 0 Å². The number of nitrogens with one attached hydrogen (secondary N) is 1. The van der Waals surface area contributed by atoms with Gasteiger partial charge in [0.25, 0.3) is 11.6 Å². The molecule has 0 saturated heterocycles. The minimum atomic E-state index is -0.626. The summed E-state index contributed by atoms with van der Waals surface area (Å²) in [5.74, 6) is 0.258. The maximum Gasteiger partial charge on any atom is 0.271 e. The number of pyridine rings is 1. The van der Waals surface area contributed by atoms with Crippen molar-refractivity contribution in [1.82, 2.24) is 25.1 Å². The normalized spacial score (nSPS) is 11.1. The Hall–Kier alpha value is -3.49. The second-order valence-electron chi connectivity index (χ2n) is 5.70. The van der Waals surface area contributed by atoms with E-state index in [4.69, 9.17) is 16.9 Å². The molecule has 3 rings (SSSR count). The van der Waals surface area contributed by atoms with E-state index in [1.807, 2.05) is 6.07 Å². The lowest BCUT2D eigenvalue weighted by Gasteiger charge is -2.14. The number of aromatic nitrogens is 4. The van der Waals surface area contributed by atoms with Crippen molar-refractivity contribution in [3.63, 3.8) is 0 Å². The molecule has 0 unspecified atom stereocenters. The molecule has 3 aromatic rings. The minimum absolute atomic E-state index is 0. The Morgan fingerprint density at radius 3 is 2.72 bits per heavy atom. The van der Waals surface area contributed by atoms with E-state index in [9.17, 15) is 14.9 Å². The summed E-state index contributed by atoms with van der Waals surface area (Å²) in [6.07, 6.45) is 2.71. The van der Waals surface area contributed by atoms with Gasteiger partial charge in [0.15, 0.2) is 11.6 Å². The first kappa shape index (κ1) is 21.8. The van der Waals surface area contributed by atoms with Crippen LogP contribution in [0.25, 0.3) is 5.82 Å². The molecule has 0 fully saturated rings. The number of benzene rings is 1. The number of hydrogen-bond acceptors (Lipinski definition) is 7. The molecule has 1 aromatic carbocycles. The molecule has 1 amide bonds. The van der Waals surface area contributed by atoms with Crippen LogP contribution in [0.3, 0.4) is 0 Å². The molecule has 2 heterocycles. The summed E-state index contributed by atoms with van der Waals surface area (Å²) in [5, 5.41) is 26.7. The average Bonchev–Trinajstić information content (AvgIpc) is 3.17. The van der Waals surface area contributed by atoms with Crippen molar-refractivity contribution in [2.45, 2.75) is 13.0 Å². The third kappa shape index (κ3) is 4.87. The molecule has 0 spiro atoms. The summed E-state index contributed by atoms with van der Waals surface area (Å²) in [4.78, 5) is 31.1. The zero-order valence-electron chi connectivity index (χ0n) is 14.9. The number of carbonyl (C=O) groups is 1. The number of nitro benzene ring substituents is 1. The Morgan fingerprint density at radius 1 is 1.34 bits per heavy atom. The molecule has 1 atom stereocenters. The Labute approximate surface area is 176 Å². The Balaban J connectivity index is 0.00000300. The fraction of sp³-hybridized carbons (Fsp3) is 0.118. The third-order valence-corrected chi connectivity index (χ3v) is 3.98. The Morgan fingerprint density at radius 2 is 2.10 bits per heavy atom. The highest BCUT2D eigenvalue weighted by Crippen LogP contribution is 2.22. The Bertz CT molecular complexity index is 1100. The maximum atomic E-state index is 12.5. The van der Waals surface area contributed by atoms with Crippen LogP contribution in [0.15, 0.2) is 42.9 Å². The van der Waals surface area contributed by atoms with Crippen LogP contribution in [0.2, 0.25) is 5.02 Å². The van der Waals surface area contributed by atoms with Crippen molar-refractivity contribution in [2.75, 3.05) is 0 Å². The van der Waals surface area contributed by atoms with Crippen LogP contribution < -0.4 is 5.32 Å². The van der Waals surface area contributed by atoms with Gasteiger partial charge in [-0.1, -0.05) is 11.6 Å². The predicted octanol–water partition coefficient (Wildman–Crippen LogP) is 2.70. The predicted molar refractivity (Wildman–Crippen MR) is 108 cm³/mol. The summed E-state index contributed by atoms with van der Waals surface area (Å²) < 4.78 is 1.42. The van der Waals surface area contributed by atoms with Crippen molar-refractivity contribution < 1.29 is 9.72 Å². The van der Waals surface area contributed by atoms with Gasteiger partial charge in [-0.15, -0.1) is 0 Å². The number of nitro groups is 1. The molecule has 10 nitrogen and oxygen atoms in total. The van der Waals surface area contributed by atoms with Gasteiger partial charge in [0, 0.05) is 28.9 Å². The van der Waals surface area contributed by atoms with E-state index in [2.05, 4.69) is 20.4 Å². The monoisotopic (exact) mass is 431 g/mol. The number of nitriles is 1. The summed E-state index contributed by atoms with van der Waals surface area (Å²) in [6, 6.07) is 8.21. The van der Waals surface area contributed by atoms with E-state index in [-0.39, 0.29) is 29.8 Å². The second-order valence-corrected chi connectivity index (χ2v) is 6.13. The summed E-state index contributed by atoms with van der Waals surface area (Å²) in [6.45, 7) is 1.68. The first-order valence-corrected chi connectivity index (χ1v) is 8.29. The van der Waals surface area contributed by atoms with E-state index in [1.54, 1.807) is 19.1 Å². The molecule has 29 heavy (non-hydrogen) atoms. The summed E-state index contributed by atoms with van der Waals surface area (Å²) in [7, 11) is 0. The number of non-ortho nitro benzene ring substituents is 1. The molecular weight excluding hydrogens is 418 g/mol. The molecule has 0 radical (unpaired) electrons. The van der Waals surface area contributed by atoms with E-state index in [0.29, 0.717) is 17.2 Å². The van der Waals surface area contributed by atoms with Crippen LogP contribution in [0.1, 0.15) is 34.7 Å². The van der Waals surface area contributed by atoms with Gasteiger partial charge in [0.05, 0.1) is 16.5 Å². The van der Waals surface area contributed by atoms with Gasteiger partial charge in [-0.05, 0) is 25.1 Å². The molecule has 148 valence electrons. The van der Waals surface area contributed by atoms with Crippen LogP contribution in [0.5, 0.6) is 0 Å². The molecule has 0 aliphatic rings. The van der Waals surface area contributed by atoms with Gasteiger partial charge in [-0.2, -0.15) is 28.5 Å². The SMILES string of the molecule is C[C@H](NC(=O)c1cc(Cl)cc([N+](=O)[O-])c1)c1ncnn1-c1ccc(C#N)cn1.S. The summed E-state index contributed by atoms with van der Waals surface area (Å²) >= 11 is 5.86. The number of rotatable bonds is 5. The fourth-order valence-corrected chi connectivity index (χ4v) is 2.68. The Kier molecular flexibility index (Phi) is 6.87. The molecule has 2 aromatic heterocycles. The molecule has 0 bridgehead atoms. The molecule has 12 heteroatoms. The van der Waals surface area contributed by atoms with Crippen LogP contribution in [0, 0.1) is 21.4 Å². The van der Waals surface area contributed by atoms with Crippen molar-refractivity contribution in [3.8, 4) is 11.9 Å². The van der Waals surface area contributed by atoms with E-state index in [1.165, 1.54) is 23.3 Å². The fourth-order valence-electron chi connectivity index (χ4n) is 2.45. The largest absolute Gasteiger partial charge is 0.342 e. The van der Waals surface area contributed by atoms with Crippen LogP contribution in [-0.4, -0.2) is 30.6 Å². The molecule has 0 saturated carbocycles. The lowest BCUT2D eigenvalue weighted by molar-refractivity contribution is -0.384. The van der Waals surface area contributed by atoms with Gasteiger partial charge < -0.3 is 5.32 Å². The highest BCUT2D eigenvalue weighted by molar-refractivity contribution is 7.59. The second kappa shape index (κ2) is 9.13. The van der Waals surface area contributed by atoms with E-state index < -0.39 is 16.9 Å². The van der Waals surface area contributed by atoms with Crippen LogP contribution in [0.4, 0.5) is 5.69 Å². The number of hydrogen-bond donors (Lipinski definition) is 1. The van der Waals surface area contributed by atoms with Crippen molar-refractivity contribution >= 4 is 36.7 Å². The van der Waals surface area contributed by atoms with Crippen molar-refractivity contribution in [1.29, 1.82) is 5.26 Å². The zero-order valence-corrected chi connectivity index (χ0v) is 16.7. The molecule has 0 aliphatic heterocycles. The summed E-state index contributed by atoms with van der Waals surface area (Å²) in [5.41, 5.74) is 0.165. The lowest BCUT2D eigenvalue weighted by Crippen LogP contribution is -2.29. The van der Waals surface area contributed by atoms with Gasteiger partial charge in [0.1, 0.15) is 12.4 Å². The van der Waals surface area contributed by atoms with Gasteiger partial charge in [0.2, 0.25) is 0 Å². The number of halogens is 1. The third-order valence-electron chi connectivity index (χ3n) is 3.76. The zero-order chi connectivity index (χ0) is 20.3. The van der Waals surface area contributed by atoms with Gasteiger partial charge in [-0.3, -0.25) is 14.9 Å². The van der Waals surface area contributed by atoms with E-state index in [0.717, 1.165) is 12.1 Å². The van der Waals surface area contributed by atoms with E-state index >= 15 is 0 Å². The topological polar surface area (TPSA) is 140 Å². The lowest BCUT2D eigenvalue weighted by atomic mass is 10.1. The molecule has 1 N–H and O–H groups in total. The van der Waals surface area contributed by atoms with Gasteiger partial charge in [-0.25, -0.2) is 9.97 Å². The highest BCUT2D eigenvalue weighted by atomic mass is 35.5. The van der Waals surface area contributed by atoms with Crippen molar-refractivity contribution in [3.05, 3.63) is 74.9 Å². The first-order valence-electron chi connectivity index (χ1n) is 7.91. The average molecular weight is 432 g/mol. The highest BCUT2D eigenvalue weighted by Gasteiger charge is 2.20. The molecular formula is C17H14ClN7O3S. The number of amides is 1. The maximum absolute atomic E-state index is 12.5. The van der Waals surface area contributed by atoms with Crippen LogP contribution >= 0.6 is 25.1 Å². The van der Waals surface area contributed by atoms with Crippen molar-refractivity contribution in [2.24, 2.45) is 0 Å². The number of nitrogens with zero attached hydrogens (tertiary/aromatic N) is 6. The molecule has 0 aliphatic carbocycles. The standard InChI is InChI=1S/C17H12ClN7O3.H2S/c1-10(23-17(26)12-4-13(18)6-14(5-12)25(27)28)16-21-9-22-24(16)15-3-2-11(7-19)8-20-15;/h2-6,8-10H,1H3,(H,23,26);1H2/t10-;/m0./s1. The van der Waals surface area contributed by atoms with Crippen LogP contribution in [-0.2, 0) is 0 Å². The smallest absolute Gasteiger partial charge is 0.271 e. The minimum Gasteiger partial charge on any atom is -0.342 e.